The molecule has 6 nitrogen and oxygen atoms in total. The van der Waals surface area contributed by atoms with Crippen LogP contribution in [0, 0.1) is 0 Å². The Morgan fingerprint density at radius 3 is 2.48 bits per heavy atom. The molecule has 0 spiro atoms. The van der Waals surface area contributed by atoms with E-state index in [1.807, 2.05) is 0 Å². The minimum atomic E-state index is -1.23. The maximum Gasteiger partial charge on any atom is 0.408 e. The fourth-order valence-electron chi connectivity index (χ4n) is 1.58. The van der Waals surface area contributed by atoms with E-state index in [1.54, 1.807) is 20.8 Å². The van der Waals surface area contributed by atoms with E-state index in [9.17, 15) is 14.7 Å². The summed E-state index contributed by atoms with van der Waals surface area (Å²) in [5.41, 5.74) is -0.363. The monoisotopic (exact) mass is 315 g/mol. The van der Waals surface area contributed by atoms with Crippen molar-refractivity contribution < 1.29 is 24.5 Å². The van der Waals surface area contributed by atoms with E-state index in [1.165, 1.54) is 18.2 Å². The highest BCUT2D eigenvalue weighted by Crippen LogP contribution is 2.23. The van der Waals surface area contributed by atoms with Crippen molar-refractivity contribution in [3.05, 3.63) is 28.8 Å². The van der Waals surface area contributed by atoms with Crippen LogP contribution in [-0.2, 0) is 16.0 Å². The van der Waals surface area contributed by atoms with Crippen molar-refractivity contribution in [1.82, 2.24) is 5.32 Å². The quantitative estimate of drug-likeness (QED) is 0.793. The van der Waals surface area contributed by atoms with Gasteiger partial charge in [0.2, 0.25) is 0 Å². The van der Waals surface area contributed by atoms with Crippen molar-refractivity contribution in [2.75, 3.05) is 0 Å². The molecule has 0 saturated heterocycles. The lowest BCUT2D eigenvalue weighted by atomic mass is 10.1. The molecule has 0 aliphatic rings. The molecule has 0 aromatic heterocycles. The number of benzene rings is 1. The number of aromatic hydroxyl groups is 1. The molecule has 0 saturated carbocycles. The number of nitrogens with one attached hydrogen (secondary N) is 1. The first-order chi connectivity index (χ1) is 9.58. The number of phenols is 1. The molecule has 1 aromatic rings. The van der Waals surface area contributed by atoms with Crippen molar-refractivity contribution in [2.24, 2.45) is 0 Å². The lowest BCUT2D eigenvalue weighted by Gasteiger charge is -2.22. The van der Waals surface area contributed by atoms with Gasteiger partial charge >= 0.3 is 12.1 Å². The summed E-state index contributed by atoms with van der Waals surface area (Å²) in [4.78, 5) is 22.8. The number of halogens is 1. The Morgan fingerprint density at radius 2 is 2.00 bits per heavy atom. The summed E-state index contributed by atoms with van der Waals surface area (Å²) in [6.45, 7) is 5.02. The molecule has 1 atom stereocenters. The largest absolute Gasteiger partial charge is 0.508 e. The van der Waals surface area contributed by atoms with Crippen LogP contribution in [0.25, 0.3) is 0 Å². The average Bonchev–Trinajstić information content (AvgIpc) is 2.28. The maximum atomic E-state index is 11.6. The molecular formula is C14H18ClNO5. The minimum absolute atomic E-state index is 0.0857. The van der Waals surface area contributed by atoms with Gasteiger partial charge in [-0.3, -0.25) is 0 Å². The fraction of sp³-hybridized carbons (Fsp3) is 0.429. The third kappa shape index (κ3) is 5.91. The summed E-state index contributed by atoms with van der Waals surface area (Å²) in [5.74, 6) is -1.35. The zero-order valence-corrected chi connectivity index (χ0v) is 12.8. The number of hydrogen-bond donors (Lipinski definition) is 3. The Bertz CT molecular complexity index is 539. The highest BCUT2D eigenvalue weighted by Gasteiger charge is 2.25. The zero-order chi connectivity index (χ0) is 16.2. The Morgan fingerprint density at radius 1 is 1.38 bits per heavy atom. The molecule has 1 aromatic carbocycles. The van der Waals surface area contributed by atoms with Crippen LogP contribution in [0.2, 0.25) is 5.02 Å². The van der Waals surface area contributed by atoms with Crippen LogP contribution in [0.15, 0.2) is 18.2 Å². The number of aliphatic carboxylic acids is 1. The summed E-state index contributed by atoms with van der Waals surface area (Å²) in [6.07, 6.45) is -0.916. The standard InChI is InChI=1S/C14H18ClNO5/c1-14(2,3)21-13(20)16-10(12(18)19)6-8-4-5-9(15)7-11(8)17/h4-5,7,10,17H,6H2,1-3H3,(H,16,20)(H,18,19). The fourth-order valence-corrected chi connectivity index (χ4v) is 1.75. The van der Waals surface area contributed by atoms with Gasteiger partial charge in [0.15, 0.2) is 0 Å². The lowest BCUT2D eigenvalue weighted by molar-refractivity contribution is -0.139. The van der Waals surface area contributed by atoms with Crippen molar-refractivity contribution in [2.45, 2.75) is 38.8 Å². The summed E-state index contributed by atoms with van der Waals surface area (Å²) in [5, 5.41) is 21.5. The number of phenolic OH excluding ortho intramolecular Hbond substituents is 1. The predicted octanol–water partition coefficient (Wildman–Crippen LogP) is 2.57. The van der Waals surface area contributed by atoms with E-state index in [4.69, 9.17) is 21.4 Å². The van der Waals surface area contributed by atoms with E-state index in [2.05, 4.69) is 5.32 Å². The number of carbonyl (C=O) groups is 2. The van der Waals surface area contributed by atoms with Gasteiger partial charge in [-0.15, -0.1) is 0 Å². The van der Waals surface area contributed by atoms with Crippen molar-refractivity contribution in [3.63, 3.8) is 0 Å². The molecule has 0 aliphatic carbocycles. The van der Waals surface area contributed by atoms with Crippen molar-refractivity contribution >= 4 is 23.7 Å². The summed E-state index contributed by atoms with van der Waals surface area (Å²) < 4.78 is 5.01. The predicted molar refractivity (Wildman–Crippen MR) is 77.6 cm³/mol. The van der Waals surface area contributed by atoms with Gasteiger partial charge in [0.1, 0.15) is 17.4 Å². The van der Waals surface area contributed by atoms with E-state index in [-0.39, 0.29) is 12.2 Å². The molecule has 7 heteroatoms. The van der Waals surface area contributed by atoms with Gasteiger partial charge in [-0.1, -0.05) is 17.7 Å². The Hall–Kier alpha value is -1.95. The highest BCUT2D eigenvalue weighted by molar-refractivity contribution is 6.30. The first-order valence-corrected chi connectivity index (χ1v) is 6.66. The van der Waals surface area contributed by atoms with Gasteiger partial charge in [-0.05, 0) is 38.5 Å². The molecule has 0 aliphatic heterocycles. The van der Waals surface area contributed by atoms with Crippen LogP contribution in [0.4, 0.5) is 4.79 Å². The maximum absolute atomic E-state index is 11.6. The van der Waals surface area contributed by atoms with Crippen LogP contribution in [0.5, 0.6) is 5.75 Å². The van der Waals surface area contributed by atoms with Crippen LogP contribution in [0.3, 0.4) is 0 Å². The second-order valence-electron chi connectivity index (χ2n) is 5.51. The van der Waals surface area contributed by atoms with E-state index in [0.717, 1.165) is 0 Å². The van der Waals surface area contributed by atoms with Crippen LogP contribution >= 0.6 is 11.6 Å². The van der Waals surface area contributed by atoms with Gasteiger partial charge in [0.05, 0.1) is 0 Å². The topological polar surface area (TPSA) is 95.9 Å². The van der Waals surface area contributed by atoms with Gasteiger partial charge in [-0.2, -0.15) is 0 Å². The van der Waals surface area contributed by atoms with E-state index in [0.29, 0.717) is 10.6 Å². The number of alkyl carbamates (subject to hydrolysis) is 1. The Kier molecular flexibility index (Phi) is 5.43. The summed E-state index contributed by atoms with van der Waals surface area (Å²) in [7, 11) is 0. The molecule has 0 bridgehead atoms. The van der Waals surface area contributed by atoms with Crippen LogP contribution < -0.4 is 5.32 Å². The summed E-state index contributed by atoms with van der Waals surface area (Å²) in [6, 6.07) is 3.13. The third-order valence-electron chi connectivity index (χ3n) is 2.46. The highest BCUT2D eigenvalue weighted by atomic mass is 35.5. The number of amides is 1. The molecule has 0 heterocycles. The van der Waals surface area contributed by atoms with Gasteiger partial charge in [0, 0.05) is 11.4 Å². The molecule has 116 valence electrons. The molecule has 3 N–H and O–H groups in total. The first-order valence-electron chi connectivity index (χ1n) is 6.28. The lowest BCUT2D eigenvalue weighted by Crippen LogP contribution is -2.44. The molecule has 1 amide bonds. The average molecular weight is 316 g/mol. The molecule has 0 fully saturated rings. The second-order valence-corrected chi connectivity index (χ2v) is 5.95. The number of hydrogen-bond acceptors (Lipinski definition) is 4. The molecular weight excluding hydrogens is 298 g/mol. The normalized spacial score (nSPS) is 12.6. The second kappa shape index (κ2) is 6.67. The summed E-state index contributed by atoms with van der Waals surface area (Å²) >= 11 is 5.71. The van der Waals surface area contributed by atoms with E-state index < -0.39 is 23.7 Å². The van der Waals surface area contributed by atoms with E-state index >= 15 is 0 Å². The van der Waals surface area contributed by atoms with Gasteiger partial charge < -0.3 is 20.3 Å². The molecule has 0 radical (unpaired) electrons. The van der Waals surface area contributed by atoms with Crippen molar-refractivity contribution in [3.8, 4) is 5.75 Å². The number of carbonyl (C=O) groups excluding carboxylic acids is 1. The minimum Gasteiger partial charge on any atom is -0.508 e. The number of rotatable bonds is 4. The Balaban J connectivity index is 2.79. The van der Waals surface area contributed by atoms with Crippen molar-refractivity contribution in [1.29, 1.82) is 0 Å². The van der Waals surface area contributed by atoms with Crippen LogP contribution in [-0.4, -0.2) is 33.9 Å². The zero-order valence-electron chi connectivity index (χ0n) is 12.0. The van der Waals surface area contributed by atoms with Gasteiger partial charge in [-0.25, -0.2) is 9.59 Å². The molecule has 1 rings (SSSR count). The number of ether oxygens (including phenoxy) is 1. The number of carboxylic acids is 1. The van der Waals surface area contributed by atoms with Crippen LogP contribution in [0.1, 0.15) is 26.3 Å². The number of carboxylic acid groups (broad SMARTS) is 1. The Labute approximate surface area is 127 Å². The third-order valence-corrected chi connectivity index (χ3v) is 2.70. The molecule has 1 unspecified atom stereocenters. The SMILES string of the molecule is CC(C)(C)OC(=O)NC(Cc1ccc(Cl)cc1O)C(=O)O. The van der Waals surface area contributed by atoms with Gasteiger partial charge in [0.25, 0.3) is 0 Å². The molecule has 21 heavy (non-hydrogen) atoms. The first kappa shape index (κ1) is 17.1. The smallest absolute Gasteiger partial charge is 0.408 e.